The third kappa shape index (κ3) is 6.72. The summed E-state index contributed by atoms with van der Waals surface area (Å²) in [7, 11) is 1.77. The molecule has 0 aromatic rings. The number of carbonyl (C=O) groups excluding carboxylic acids is 1. The molecule has 0 aromatic heterocycles. The molecule has 21 heavy (non-hydrogen) atoms. The fourth-order valence-electron chi connectivity index (χ4n) is 2.45. The van der Waals surface area contributed by atoms with Crippen LogP contribution in [0.25, 0.3) is 0 Å². The minimum absolute atomic E-state index is 0.181. The molecule has 0 radical (unpaired) electrons. The molecule has 1 heterocycles. The van der Waals surface area contributed by atoms with Crippen molar-refractivity contribution in [3.8, 4) is 0 Å². The fourth-order valence-corrected chi connectivity index (χ4v) is 2.57. The lowest BCUT2D eigenvalue weighted by Crippen LogP contribution is -2.48. The lowest BCUT2D eigenvalue weighted by molar-refractivity contribution is -0.122. The third-order valence-electron chi connectivity index (χ3n) is 4.07. The highest BCUT2D eigenvalue weighted by Crippen LogP contribution is 2.12. The maximum absolute atomic E-state index is 12.4. The number of ketones is 1. The number of ether oxygens (including phenoxy) is 1. The lowest BCUT2D eigenvalue weighted by Gasteiger charge is -2.27. The zero-order valence-electron chi connectivity index (χ0n) is 13.5. The van der Waals surface area contributed by atoms with E-state index in [0.717, 1.165) is 45.7 Å². The van der Waals surface area contributed by atoms with Crippen LogP contribution >= 0.6 is 12.2 Å². The zero-order chi connectivity index (χ0) is 15.7. The van der Waals surface area contributed by atoms with Gasteiger partial charge in [-0.3, -0.25) is 9.69 Å². The maximum Gasteiger partial charge on any atom is 0.166 e. The van der Waals surface area contributed by atoms with Crippen LogP contribution in [0.5, 0.6) is 0 Å². The van der Waals surface area contributed by atoms with Gasteiger partial charge in [-0.1, -0.05) is 20.3 Å². The van der Waals surface area contributed by atoms with Crippen LogP contribution in [0.4, 0.5) is 0 Å². The van der Waals surface area contributed by atoms with E-state index in [1.807, 2.05) is 0 Å². The molecule has 1 rings (SSSR count). The number of nitrogens with zero attached hydrogens (tertiary/aromatic N) is 1. The summed E-state index contributed by atoms with van der Waals surface area (Å²) in [5.74, 6) is 0.544. The number of rotatable bonds is 8. The van der Waals surface area contributed by atoms with E-state index in [1.54, 1.807) is 7.05 Å². The predicted octanol–water partition coefficient (Wildman–Crippen LogP) is 1.18. The first kappa shape index (κ1) is 18.3. The van der Waals surface area contributed by atoms with Gasteiger partial charge in [-0.25, -0.2) is 0 Å². The molecular weight excluding hydrogens is 286 g/mol. The molecular formula is C15H29N3O2S. The number of hydrogen-bond donors (Lipinski definition) is 2. The normalized spacial score (nSPS) is 18.8. The summed E-state index contributed by atoms with van der Waals surface area (Å²) in [6.07, 6.45) is 2.46. The Morgan fingerprint density at radius 1 is 1.38 bits per heavy atom. The van der Waals surface area contributed by atoms with E-state index in [-0.39, 0.29) is 17.7 Å². The number of morpholine rings is 1. The predicted molar refractivity (Wildman–Crippen MR) is 89.5 cm³/mol. The number of hydrogen-bond acceptors (Lipinski definition) is 4. The Labute approximate surface area is 133 Å². The Kier molecular flexibility index (Phi) is 8.80. The van der Waals surface area contributed by atoms with Crippen molar-refractivity contribution in [3.63, 3.8) is 0 Å². The molecule has 0 amide bonds. The van der Waals surface area contributed by atoms with Crippen LogP contribution in [0.15, 0.2) is 0 Å². The van der Waals surface area contributed by atoms with Crippen molar-refractivity contribution in [1.29, 1.82) is 0 Å². The number of Topliss-reactive ketones (excluding diaryl/α,β-unsaturated/α-hetero) is 1. The molecule has 0 aromatic carbocycles. The first-order valence-electron chi connectivity index (χ1n) is 7.89. The average Bonchev–Trinajstić information content (AvgIpc) is 2.52. The van der Waals surface area contributed by atoms with Gasteiger partial charge in [-0.15, -0.1) is 0 Å². The molecule has 0 bridgehead atoms. The first-order chi connectivity index (χ1) is 10.1. The summed E-state index contributed by atoms with van der Waals surface area (Å²) in [5, 5.41) is 6.57. The summed E-state index contributed by atoms with van der Waals surface area (Å²) in [5.41, 5.74) is 0. The second-order valence-electron chi connectivity index (χ2n) is 5.61. The highest BCUT2D eigenvalue weighted by atomic mass is 32.1. The Hall–Kier alpha value is -0.720. The van der Waals surface area contributed by atoms with Crippen LogP contribution in [0, 0.1) is 5.92 Å². The molecule has 0 spiro atoms. The Balaban J connectivity index is 2.38. The van der Waals surface area contributed by atoms with Crippen LogP contribution < -0.4 is 10.6 Å². The van der Waals surface area contributed by atoms with Crippen molar-refractivity contribution < 1.29 is 9.53 Å². The van der Waals surface area contributed by atoms with Crippen molar-refractivity contribution >= 4 is 23.1 Å². The van der Waals surface area contributed by atoms with E-state index in [1.165, 1.54) is 0 Å². The molecule has 0 aliphatic carbocycles. The van der Waals surface area contributed by atoms with E-state index in [0.29, 0.717) is 11.5 Å². The topological polar surface area (TPSA) is 53.6 Å². The van der Waals surface area contributed by atoms with Gasteiger partial charge in [0.25, 0.3) is 0 Å². The van der Waals surface area contributed by atoms with Crippen LogP contribution in [0.1, 0.15) is 33.1 Å². The summed E-state index contributed by atoms with van der Waals surface area (Å²) in [6, 6.07) is -0.181. The van der Waals surface area contributed by atoms with Crippen molar-refractivity contribution in [2.45, 2.75) is 39.2 Å². The number of thiocarbonyl (C=S) groups is 1. The second-order valence-corrected chi connectivity index (χ2v) is 6.02. The van der Waals surface area contributed by atoms with Crippen molar-refractivity contribution in [2.24, 2.45) is 5.92 Å². The minimum Gasteiger partial charge on any atom is -0.379 e. The van der Waals surface area contributed by atoms with Crippen LogP contribution in [0.3, 0.4) is 0 Å². The smallest absolute Gasteiger partial charge is 0.166 e. The van der Waals surface area contributed by atoms with Gasteiger partial charge in [0.1, 0.15) is 0 Å². The second kappa shape index (κ2) is 10.1. The highest BCUT2D eigenvalue weighted by Gasteiger charge is 2.24. The Morgan fingerprint density at radius 3 is 2.62 bits per heavy atom. The lowest BCUT2D eigenvalue weighted by atomic mass is 9.93. The van der Waals surface area contributed by atoms with E-state index < -0.39 is 0 Å². The first-order valence-corrected chi connectivity index (χ1v) is 8.30. The van der Waals surface area contributed by atoms with Crippen molar-refractivity contribution in [1.82, 2.24) is 15.5 Å². The van der Waals surface area contributed by atoms with Gasteiger partial charge in [0.2, 0.25) is 0 Å². The van der Waals surface area contributed by atoms with E-state index >= 15 is 0 Å². The van der Waals surface area contributed by atoms with Gasteiger partial charge < -0.3 is 15.4 Å². The molecule has 1 aliphatic heterocycles. The molecule has 1 fully saturated rings. The summed E-state index contributed by atoms with van der Waals surface area (Å²) in [6.45, 7) is 8.73. The highest BCUT2D eigenvalue weighted by molar-refractivity contribution is 7.80. The molecule has 2 N–H and O–H groups in total. The van der Waals surface area contributed by atoms with Crippen molar-refractivity contribution in [2.75, 3.05) is 39.9 Å². The monoisotopic (exact) mass is 315 g/mol. The van der Waals surface area contributed by atoms with E-state index in [4.69, 9.17) is 17.0 Å². The van der Waals surface area contributed by atoms with Gasteiger partial charge in [0, 0.05) is 26.6 Å². The average molecular weight is 315 g/mol. The zero-order valence-corrected chi connectivity index (χ0v) is 14.3. The van der Waals surface area contributed by atoms with E-state index in [9.17, 15) is 4.79 Å². The molecule has 6 heteroatoms. The molecule has 1 aliphatic rings. The van der Waals surface area contributed by atoms with Gasteiger partial charge >= 0.3 is 0 Å². The molecule has 2 atom stereocenters. The van der Waals surface area contributed by atoms with Gasteiger partial charge in [-0.2, -0.15) is 0 Å². The van der Waals surface area contributed by atoms with Crippen LogP contribution in [-0.2, 0) is 9.53 Å². The number of carbonyl (C=O) groups is 1. The summed E-state index contributed by atoms with van der Waals surface area (Å²) < 4.78 is 5.33. The number of nitrogens with one attached hydrogen (secondary N) is 2. The third-order valence-corrected chi connectivity index (χ3v) is 4.40. The van der Waals surface area contributed by atoms with Gasteiger partial charge in [0.05, 0.1) is 19.3 Å². The molecule has 1 saturated heterocycles. The van der Waals surface area contributed by atoms with Gasteiger partial charge in [0.15, 0.2) is 10.9 Å². The molecule has 2 unspecified atom stereocenters. The largest absolute Gasteiger partial charge is 0.379 e. The Morgan fingerprint density at radius 2 is 2.05 bits per heavy atom. The van der Waals surface area contributed by atoms with Crippen LogP contribution in [0.2, 0.25) is 0 Å². The molecule has 0 saturated carbocycles. The fraction of sp³-hybridized carbons (Fsp3) is 0.867. The van der Waals surface area contributed by atoms with E-state index in [2.05, 4.69) is 29.4 Å². The summed E-state index contributed by atoms with van der Waals surface area (Å²) >= 11 is 5.14. The minimum atomic E-state index is -0.181. The standard InChI is InChI=1S/C15H29N3O2S/c1-4-12(2)14(17-15(21)16-3)13(19)6-5-7-18-8-10-20-11-9-18/h12,14H,4-11H2,1-3H3,(H2,16,17,21). The van der Waals surface area contributed by atoms with Crippen molar-refractivity contribution in [3.05, 3.63) is 0 Å². The molecule has 122 valence electrons. The maximum atomic E-state index is 12.4. The molecule has 5 nitrogen and oxygen atoms in total. The van der Waals surface area contributed by atoms with Crippen LogP contribution in [-0.4, -0.2) is 61.7 Å². The Bertz CT molecular complexity index is 333. The summed E-state index contributed by atoms with van der Waals surface area (Å²) in [4.78, 5) is 14.8. The SMILES string of the molecule is CCC(C)C(NC(=S)NC)C(=O)CCCN1CCOCC1. The quantitative estimate of drug-likeness (QED) is 0.656. The van der Waals surface area contributed by atoms with Gasteiger partial charge in [-0.05, 0) is 31.1 Å².